The average molecular weight is 380 g/mol. The number of fused-ring (bicyclic) bond motifs is 1. The van der Waals surface area contributed by atoms with Gasteiger partial charge >= 0.3 is 0 Å². The van der Waals surface area contributed by atoms with Gasteiger partial charge in [0, 0.05) is 12.6 Å². The van der Waals surface area contributed by atoms with Gasteiger partial charge in [-0.05, 0) is 54.8 Å². The molecule has 0 fully saturated rings. The van der Waals surface area contributed by atoms with Crippen molar-refractivity contribution in [2.75, 3.05) is 6.79 Å². The molecule has 0 atom stereocenters. The molecule has 0 bridgehead atoms. The Labute approximate surface area is 162 Å². The fourth-order valence-electron chi connectivity index (χ4n) is 2.77. The van der Waals surface area contributed by atoms with Crippen molar-refractivity contribution in [3.63, 3.8) is 0 Å². The number of rotatable bonds is 6. The number of nitrogens with zero attached hydrogens (tertiary/aromatic N) is 1. The lowest BCUT2D eigenvalue weighted by molar-refractivity contribution is 0.0941. The number of hydrogen-bond donors (Lipinski definition) is 1. The van der Waals surface area contributed by atoms with Crippen LogP contribution >= 0.6 is 0 Å². The van der Waals surface area contributed by atoms with Gasteiger partial charge in [0.25, 0.3) is 5.91 Å². The fraction of sp³-hybridized carbons (Fsp3) is 0.238. The maximum atomic E-state index is 12.3. The minimum atomic E-state index is -0.321. The number of nitrogens with one attached hydrogen (secondary N) is 1. The van der Waals surface area contributed by atoms with E-state index in [1.54, 1.807) is 6.07 Å². The molecule has 144 valence electrons. The zero-order chi connectivity index (χ0) is 19.5. The molecule has 1 aliphatic heterocycles. The van der Waals surface area contributed by atoms with Gasteiger partial charge in [-0.25, -0.2) is 0 Å². The minimum Gasteiger partial charge on any atom is -0.486 e. The van der Waals surface area contributed by atoms with E-state index in [0.717, 1.165) is 16.9 Å². The van der Waals surface area contributed by atoms with Crippen molar-refractivity contribution in [1.82, 2.24) is 10.5 Å². The summed E-state index contributed by atoms with van der Waals surface area (Å²) in [4.78, 5) is 12.3. The van der Waals surface area contributed by atoms with Crippen LogP contribution in [0, 0.1) is 13.8 Å². The van der Waals surface area contributed by atoms with Crippen LogP contribution in [0.15, 0.2) is 47.0 Å². The summed E-state index contributed by atoms with van der Waals surface area (Å²) >= 11 is 0. The third kappa shape index (κ3) is 3.93. The standard InChI is InChI=1S/C21H20N2O5/c1-13-3-5-16(7-14(13)2)25-11-17-9-18(23-28-17)21(24)22-10-15-4-6-19-20(8-15)27-12-26-19/h3-9H,10-12H2,1-2H3,(H,22,24). The molecule has 0 spiro atoms. The van der Waals surface area contributed by atoms with E-state index in [-0.39, 0.29) is 25.0 Å². The Hall–Kier alpha value is -3.48. The van der Waals surface area contributed by atoms with Crippen molar-refractivity contribution in [2.24, 2.45) is 0 Å². The second-order valence-corrected chi connectivity index (χ2v) is 6.58. The summed E-state index contributed by atoms with van der Waals surface area (Å²) < 4.78 is 21.5. The van der Waals surface area contributed by atoms with E-state index in [1.165, 1.54) is 5.56 Å². The van der Waals surface area contributed by atoms with Gasteiger partial charge < -0.3 is 24.1 Å². The molecule has 0 unspecified atom stereocenters. The van der Waals surface area contributed by atoms with Gasteiger partial charge in [-0.1, -0.05) is 17.3 Å². The van der Waals surface area contributed by atoms with Crippen LogP contribution in [0.4, 0.5) is 0 Å². The predicted octanol–water partition coefficient (Wildman–Crippen LogP) is 3.53. The van der Waals surface area contributed by atoms with Crippen LogP contribution in [-0.2, 0) is 13.2 Å². The van der Waals surface area contributed by atoms with Crippen molar-refractivity contribution in [3.05, 3.63) is 70.6 Å². The third-order valence-corrected chi connectivity index (χ3v) is 4.54. The summed E-state index contributed by atoms with van der Waals surface area (Å²) in [6.07, 6.45) is 0. The smallest absolute Gasteiger partial charge is 0.273 e. The molecule has 0 aliphatic carbocycles. The maximum Gasteiger partial charge on any atom is 0.273 e. The number of carbonyl (C=O) groups is 1. The maximum absolute atomic E-state index is 12.3. The predicted molar refractivity (Wildman–Crippen MR) is 100 cm³/mol. The molecule has 3 aromatic rings. The molecule has 7 heteroatoms. The Morgan fingerprint density at radius 2 is 1.93 bits per heavy atom. The highest BCUT2D eigenvalue weighted by Gasteiger charge is 2.15. The molecular weight excluding hydrogens is 360 g/mol. The van der Waals surface area contributed by atoms with Gasteiger partial charge in [0.2, 0.25) is 6.79 Å². The lowest BCUT2D eigenvalue weighted by Crippen LogP contribution is -2.23. The number of ether oxygens (including phenoxy) is 3. The normalized spacial score (nSPS) is 12.1. The second kappa shape index (κ2) is 7.64. The molecule has 2 aromatic carbocycles. The molecule has 7 nitrogen and oxygen atoms in total. The first-order chi connectivity index (χ1) is 13.6. The van der Waals surface area contributed by atoms with Crippen molar-refractivity contribution in [2.45, 2.75) is 27.0 Å². The van der Waals surface area contributed by atoms with E-state index in [1.807, 2.05) is 50.2 Å². The van der Waals surface area contributed by atoms with E-state index in [4.69, 9.17) is 18.7 Å². The van der Waals surface area contributed by atoms with E-state index >= 15 is 0 Å². The molecule has 4 rings (SSSR count). The minimum absolute atomic E-state index is 0.199. The van der Waals surface area contributed by atoms with E-state index in [9.17, 15) is 4.79 Å². The Bertz CT molecular complexity index is 1010. The summed E-state index contributed by atoms with van der Waals surface area (Å²) in [5.74, 6) is 2.29. The number of hydrogen-bond acceptors (Lipinski definition) is 6. The molecule has 0 saturated carbocycles. The van der Waals surface area contributed by atoms with Gasteiger partial charge in [0.15, 0.2) is 23.0 Å². The molecule has 1 aliphatic rings. The lowest BCUT2D eigenvalue weighted by atomic mass is 10.1. The fourth-order valence-corrected chi connectivity index (χ4v) is 2.77. The zero-order valence-electron chi connectivity index (χ0n) is 15.7. The Morgan fingerprint density at radius 3 is 2.79 bits per heavy atom. The first kappa shape index (κ1) is 17.9. The van der Waals surface area contributed by atoms with Crippen LogP contribution in [0.2, 0.25) is 0 Å². The molecule has 1 N–H and O–H groups in total. The van der Waals surface area contributed by atoms with Crippen molar-refractivity contribution < 1.29 is 23.5 Å². The van der Waals surface area contributed by atoms with Crippen LogP contribution < -0.4 is 19.5 Å². The van der Waals surface area contributed by atoms with Crippen LogP contribution in [0.25, 0.3) is 0 Å². The first-order valence-electron chi connectivity index (χ1n) is 8.91. The third-order valence-electron chi connectivity index (χ3n) is 4.54. The molecular formula is C21H20N2O5. The molecule has 1 amide bonds. The highest BCUT2D eigenvalue weighted by Crippen LogP contribution is 2.32. The number of aromatic nitrogens is 1. The largest absolute Gasteiger partial charge is 0.486 e. The summed E-state index contributed by atoms with van der Waals surface area (Å²) in [5.41, 5.74) is 3.46. The van der Waals surface area contributed by atoms with Crippen LogP contribution in [0.1, 0.15) is 32.9 Å². The summed E-state index contributed by atoms with van der Waals surface area (Å²) in [5, 5.41) is 6.63. The monoisotopic (exact) mass is 380 g/mol. The molecule has 0 saturated heterocycles. The average Bonchev–Trinajstić information content (AvgIpc) is 3.36. The number of aryl methyl sites for hydroxylation is 2. The molecule has 1 aromatic heterocycles. The van der Waals surface area contributed by atoms with Crippen molar-refractivity contribution >= 4 is 5.91 Å². The quantitative estimate of drug-likeness (QED) is 0.704. The molecule has 0 radical (unpaired) electrons. The molecule has 2 heterocycles. The second-order valence-electron chi connectivity index (χ2n) is 6.58. The Kier molecular flexibility index (Phi) is 4.89. The van der Waals surface area contributed by atoms with Crippen molar-refractivity contribution in [3.8, 4) is 17.2 Å². The van der Waals surface area contributed by atoms with Gasteiger partial charge in [0.05, 0.1) is 0 Å². The summed E-state index contributed by atoms with van der Waals surface area (Å²) in [6, 6.07) is 13.0. The summed E-state index contributed by atoms with van der Waals surface area (Å²) in [7, 11) is 0. The Balaban J connectivity index is 1.31. The van der Waals surface area contributed by atoms with E-state index < -0.39 is 0 Å². The highest BCUT2D eigenvalue weighted by molar-refractivity contribution is 5.92. The van der Waals surface area contributed by atoms with Crippen LogP contribution in [-0.4, -0.2) is 17.9 Å². The Morgan fingerprint density at radius 1 is 1.07 bits per heavy atom. The zero-order valence-corrected chi connectivity index (χ0v) is 15.7. The number of benzene rings is 2. The van der Waals surface area contributed by atoms with Crippen molar-refractivity contribution in [1.29, 1.82) is 0 Å². The van der Waals surface area contributed by atoms with Gasteiger partial charge in [0.1, 0.15) is 12.4 Å². The van der Waals surface area contributed by atoms with Crippen LogP contribution in [0.3, 0.4) is 0 Å². The number of amides is 1. The van der Waals surface area contributed by atoms with Gasteiger partial charge in [-0.2, -0.15) is 0 Å². The first-order valence-corrected chi connectivity index (χ1v) is 8.91. The topological polar surface area (TPSA) is 82.8 Å². The van der Waals surface area contributed by atoms with E-state index in [0.29, 0.717) is 23.8 Å². The van der Waals surface area contributed by atoms with Crippen LogP contribution in [0.5, 0.6) is 17.2 Å². The van der Waals surface area contributed by atoms with E-state index in [2.05, 4.69) is 10.5 Å². The highest BCUT2D eigenvalue weighted by atomic mass is 16.7. The van der Waals surface area contributed by atoms with Gasteiger partial charge in [-0.3, -0.25) is 4.79 Å². The summed E-state index contributed by atoms with van der Waals surface area (Å²) in [6.45, 7) is 4.84. The number of carbonyl (C=O) groups excluding carboxylic acids is 1. The lowest BCUT2D eigenvalue weighted by Gasteiger charge is -2.06. The van der Waals surface area contributed by atoms with Gasteiger partial charge in [-0.15, -0.1) is 0 Å². The SMILES string of the molecule is Cc1ccc(OCc2cc(C(=O)NCc3ccc4c(c3)OCO4)no2)cc1C. The molecule has 28 heavy (non-hydrogen) atoms.